The fourth-order valence-electron chi connectivity index (χ4n) is 3.84. The molecule has 1 aliphatic heterocycles. The summed E-state index contributed by atoms with van der Waals surface area (Å²) >= 11 is 0. The Morgan fingerprint density at radius 2 is 2.04 bits per heavy atom. The molecule has 1 spiro atoms. The smallest absolute Gasteiger partial charge is 0.276 e. The zero-order chi connectivity index (χ0) is 18.7. The summed E-state index contributed by atoms with van der Waals surface area (Å²) in [6.45, 7) is 1.67. The third-order valence-electron chi connectivity index (χ3n) is 5.41. The first-order valence-corrected chi connectivity index (χ1v) is 9.58. The van der Waals surface area contributed by atoms with Gasteiger partial charge >= 0.3 is 0 Å². The molecule has 4 rings (SSSR count). The van der Waals surface area contributed by atoms with Gasteiger partial charge in [-0.25, -0.2) is 13.9 Å². The largest absolute Gasteiger partial charge is 0.338 e. The summed E-state index contributed by atoms with van der Waals surface area (Å²) < 4.78 is 58.1. The van der Waals surface area contributed by atoms with E-state index in [1.807, 2.05) is 0 Å². The molecule has 0 aromatic carbocycles. The number of aryl methyl sites for hydroxylation is 1. The Balaban J connectivity index is 1.59. The molecule has 11 heteroatoms. The van der Waals surface area contributed by atoms with Crippen LogP contribution in [0, 0.1) is 12.3 Å². The summed E-state index contributed by atoms with van der Waals surface area (Å²) in [7, 11) is -3.87. The monoisotopic (exact) mass is 385 g/mol. The van der Waals surface area contributed by atoms with Gasteiger partial charge in [0.2, 0.25) is 11.7 Å². The van der Waals surface area contributed by atoms with Gasteiger partial charge in [-0.15, -0.1) is 0 Å². The Bertz CT molecular complexity index is 954. The quantitative estimate of drug-likeness (QED) is 0.855. The Labute approximate surface area is 148 Å². The Morgan fingerprint density at radius 3 is 2.65 bits per heavy atom. The summed E-state index contributed by atoms with van der Waals surface area (Å²) in [5.74, 6) is -4.15. The van der Waals surface area contributed by atoms with Gasteiger partial charge in [0.25, 0.3) is 16.1 Å². The second kappa shape index (κ2) is 5.51. The number of halogens is 2. The van der Waals surface area contributed by atoms with E-state index in [9.17, 15) is 17.2 Å². The van der Waals surface area contributed by atoms with Crippen LogP contribution in [0.15, 0.2) is 22.9 Å². The minimum Gasteiger partial charge on any atom is -0.338 e. The molecule has 2 aromatic rings. The van der Waals surface area contributed by atoms with Crippen LogP contribution in [0.3, 0.4) is 0 Å². The molecule has 0 amide bonds. The topological polar surface area (TPSA) is 115 Å². The Kier molecular flexibility index (Phi) is 3.69. The van der Waals surface area contributed by atoms with Crippen molar-refractivity contribution in [3.8, 4) is 11.4 Å². The molecule has 1 atom stereocenters. The first-order valence-electron chi connectivity index (χ1n) is 8.08. The highest BCUT2D eigenvalue weighted by molar-refractivity contribution is 7.86. The summed E-state index contributed by atoms with van der Waals surface area (Å²) in [4.78, 5) is 8.29. The molecule has 2 aliphatic rings. The van der Waals surface area contributed by atoms with E-state index in [1.54, 1.807) is 25.3 Å². The van der Waals surface area contributed by atoms with Crippen molar-refractivity contribution in [3.63, 3.8) is 0 Å². The number of nitrogens with two attached hydrogens (primary N) is 1. The molecule has 1 aliphatic carbocycles. The van der Waals surface area contributed by atoms with E-state index in [2.05, 4.69) is 15.1 Å². The van der Waals surface area contributed by atoms with Crippen LogP contribution in [0.2, 0.25) is 0 Å². The van der Waals surface area contributed by atoms with E-state index < -0.39 is 27.5 Å². The van der Waals surface area contributed by atoms with Gasteiger partial charge < -0.3 is 4.52 Å². The normalized spacial score (nSPS) is 24.7. The predicted octanol–water partition coefficient (Wildman–Crippen LogP) is 1.46. The average molecular weight is 385 g/mol. The highest BCUT2D eigenvalue weighted by atomic mass is 32.2. The van der Waals surface area contributed by atoms with Gasteiger partial charge in [0.05, 0.1) is 5.41 Å². The molecular weight excluding hydrogens is 368 g/mol. The van der Waals surface area contributed by atoms with Crippen LogP contribution in [-0.4, -0.2) is 46.9 Å². The maximum absolute atomic E-state index is 14.6. The number of hydrogen-bond donors (Lipinski definition) is 1. The number of pyridine rings is 1. The predicted molar refractivity (Wildman–Crippen MR) is 86.3 cm³/mol. The van der Waals surface area contributed by atoms with Crippen LogP contribution in [0.1, 0.15) is 30.3 Å². The molecule has 3 heterocycles. The molecule has 2 N–H and O–H groups in total. The van der Waals surface area contributed by atoms with E-state index in [-0.39, 0.29) is 37.6 Å². The molecule has 1 saturated heterocycles. The van der Waals surface area contributed by atoms with Gasteiger partial charge in [-0.3, -0.25) is 4.98 Å². The van der Waals surface area contributed by atoms with Crippen molar-refractivity contribution in [1.29, 1.82) is 0 Å². The maximum Gasteiger partial charge on any atom is 0.276 e. The number of nitrogens with zero attached hydrogens (tertiary/aromatic N) is 4. The van der Waals surface area contributed by atoms with E-state index in [0.29, 0.717) is 11.3 Å². The molecule has 1 saturated carbocycles. The third kappa shape index (κ3) is 2.45. The fourth-order valence-corrected chi connectivity index (χ4v) is 4.54. The standard InChI is InChI=1S/C15H17F2N5O3S/c1-9-10(3-2-6-19-9)12-20-13(25-21-12)11-14(15(11,16)17)4-7-22(8-5-14)26(18,23)24/h2-3,6,11H,4-5,7-8H2,1H3,(H2,18,23,24)/t11-/m0/s1. The molecule has 2 fully saturated rings. The lowest BCUT2D eigenvalue weighted by Crippen LogP contribution is -2.43. The van der Waals surface area contributed by atoms with Crippen molar-refractivity contribution in [3.05, 3.63) is 29.9 Å². The molecule has 8 nitrogen and oxygen atoms in total. The Hall–Kier alpha value is -1.98. The molecule has 2 aromatic heterocycles. The second-order valence-electron chi connectivity index (χ2n) is 6.75. The van der Waals surface area contributed by atoms with Crippen LogP contribution >= 0.6 is 0 Å². The van der Waals surface area contributed by atoms with Crippen molar-refractivity contribution >= 4 is 10.2 Å². The first kappa shape index (κ1) is 17.4. The fraction of sp³-hybridized carbons (Fsp3) is 0.533. The lowest BCUT2D eigenvalue weighted by Gasteiger charge is -2.30. The first-order chi connectivity index (χ1) is 12.2. The van der Waals surface area contributed by atoms with Gasteiger partial charge in [0, 0.05) is 30.5 Å². The van der Waals surface area contributed by atoms with E-state index >= 15 is 0 Å². The summed E-state index contributed by atoms with van der Waals surface area (Å²) in [6.07, 6.45) is 1.60. The van der Waals surface area contributed by atoms with Gasteiger partial charge in [-0.05, 0) is 31.9 Å². The zero-order valence-electron chi connectivity index (χ0n) is 13.9. The highest BCUT2D eigenvalue weighted by Crippen LogP contribution is 2.75. The van der Waals surface area contributed by atoms with Crippen molar-refractivity contribution < 1.29 is 21.7 Å². The van der Waals surface area contributed by atoms with Gasteiger partial charge in [-0.2, -0.15) is 17.7 Å². The van der Waals surface area contributed by atoms with Crippen molar-refractivity contribution in [2.24, 2.45) is 10.6 Å². The third-order valence-corrected chi connectivity index (χ3v) is 6.49. The molecule has 0 radical (unpaired) electrons. The van der Waals surface area contributed by atoms with E-state index in [0.717, 1.165) is 4.31 Å². The summed E-state index contributed by atoms with van der Waals surface area (Å²) in [6, 6.07) is 3.44. The van der Waals surface area contributed by atoms with Crippen LogP contribution in [0.4, 0.5) is 8.78 Å². The minimum atomic E-state index is -3.87. The maximum atomic E-state index is 14.6. The Morgan fingerprint density at radius 1 is 1.35 bits per heavy atom. The molecule has 0 bridgehead atoms. The SMILES string of the molecule is Cc1ncccc1-c1noc([C@@H]2C(F)(F)C23CCN(S(N)(=O)=O)CC3)n1. The molecule has 140 valence electrons. The van der Waals surface area contributed by atoms with Crippen molar-refractivity contribution in [2.45, 2.75) is 31.6 Å². The zero-order valence-corrected chi connectivity index (χ0v) is 14.7. The lowest BCUT2D eigenvalue weighted by atomic mass is 9.91. The van der Waals surface area contributed by atoms with Crippen LogP contribution in [0.25, 0.3) is 11.4 Å². The number of rotatable bonds is 3. The summed E-state index contributed by atoms with van der Waals surface area (Å²) in [5.41, 5.74) is -0.0785. The van der Waals surface area contributed by atoms with Crippen molar-refractivity contribution in [2.75, 3.05) is 13.1 Å². The van der Waals surface area contributed by atoms with E-state index in [4.69, 9.17) is 9.66 Å². The number of alkyl halides is 2. The summed E-state index contributed by atoms with van der Waals surface area (Å²) in [5, 5.41) is 8.90. The number of aromatic nitrogens is 3. The van der Waals surface area contributed by atoms with Crippen LogP contribution in [0.5, 0.6) is 0 Å². The molecule has 0 unspecified atom stereocenters. The van der Waals surface area contributed by atoms with E-state index in [1.165, 1.54) is 0 Å². The lowest BCUT2D eigenvalue weighted by molar-refractivity contribution is 0.0406. The van der Waals surface area contributed by atoms with Crippen LogP contribution < -0.4 is 5.14 Å². The number of hydrogen-bond acceptors (Lipinski definition) is 6. The molecular formula is C15H17F2N5O3S. The minimum absolute atomic E-state index is 0.00920. The van der Waals surface area contributed by atoms with Gasteiger partial charge in [-0.1, -0.05) is 5.16 Å². The van der Waals surface area contributed by atoms with Crippen molar-refractivity contribution in [1.82, 2.24) is 19.4 Å². The van der Waals surface area contributed by atoms with Gasteiger partial charge in [0.15, 0.2) is 0 Å². The van der Waals surface area contributed by atoms with Gasteiger partial charge in [0.1, 0.15) is 5.92 Å². The molecule has 26 heavy (non-hydrogen) atoms. The van der Waals surface area contributed by atoms with Crippen LogP contribution in [-0.2, 0) is 10.2 Å². The second-order valence-corrected chi connectivity index (χ2v) is 8.30. The number of piperidine rings is 1. The average Bonchev–Trinajstić information content (AvgIpc) is 2.89. The highest BCUT2D eigenvalue weighted by Gasteiger charge is 2.82.